The molecular formula is C27H27F3N2O3S. The summed E-state index contributed by atoms with van der Waals surface area (Å²) in [7, 11) is 0. The van der Waals surface area contributed by atoms with E-state index in [1.807, 2.05) is 35.2 Å². The van der Waals surface area contributed by atoms with E-state index in [0.717, 1.165) is 29.1 Å². The molecule has 1 aliphatic rings. The molecule has 1 heterocycles. The van der Waals surface area contributed by atoms with Gasteiger partial charge >= 0.3 is 12.1 Å². The van der Waals surface area contributed by atoms with Crippen LogP contribution in [0.3, 0.4) is 0 Å². The Labute approximate surface area is 211 Å². The Hall–Kier alpha value is -3.04. The first-order valence-corrected chi connectivity index (χ1v) is 12.8. The summed E-state index contributed by atoms with van der Waals surface area (Å²) in [5, 5.41) is 2.39. The second-order valence-corrected chi connectivity index (χ2v) is 9.88. The fraction of sp³-hybridized carbons (Fsp3) is 0.333. The minimum absolute atomic E-state index is 0.0259. The third-order valence-electron chi connectivity index (χ3n) is 6.25. The van der Waals surface area contributed by atoms with E-state index >= 15 is 0 Å². The van der Waals surface area contributed by atoms with Gasteiger partial charge in [0.1, 0.15) is 0 Å². The predicted octanol–water partition coefficient (Wildman–Crippen LogP) is 5.84. The summed E-state index contributed by atoms with van der Waals surface area (Å²) < 4.78 is 36.7. The summed E-state index contributed by atoms with van der Waals surface area (Å²) in [5.41, 5.74) is 3.86. The number of hydroxylamine groups is 1. The largest absolute Gasteiger partial charge is 0.492 e. The van der Waals surface area contributed by atoms with Crippen molar-refractivity contribution in [1.82, 2.24) is 10.4 Å². The Morgan fingerprint density at radius 1 is 0.972 bits per heavy atom. The molecule has 1 fully saturated rings. The molecule has 4 rings (SSSR count). The van der Waals surface area contributed by atoms with E-state index in [4.69, 9.17) is 0 Å². The SMILES string of the molecule is O=C(CCSc1ccc2ccccc2c1)N1CCC(c2cccc(CNOC(=O)C(F)(F)F)c2)CC1. The molecule has 0 aromatic heterocycles. The van der Waals surface area contributed by atoms with Crippen LogP contribution < -0.4 is 5.48 Å². The molecular weight excluding hydrogens is 489 g/mol. The number of carbonyl (C=O) groups excluding carboxylic acids is 2. The molecule has 0 radical (unpaired) electrons. The van der Waals surface area contributed by atoms with Crippen LogP contribution in [0.2, 0.25) is 0 Å². The van der Waals surface area contributed by atoms with E-state index in [1.165, 1.54) is 10.8 Å². The number of fused-ring (bicyclic) bond motifs is 1. The van der Waals surface area contributed by atoms with Crippen molar-refractivity contribution in [3.8, 4) is 0 Å². The first-order valence-electron chi connectivity index (χ1n) is 11.8. The van der Waals surface area contributed by atoms with E-state index in [9.17, 15) is 22.8 Å². The van der Waals surface area contributed by atoms with Gasteiger partial charge in [-0.3, -0.25) is 4.79 Å². The van der Waals surface area contributed by atoms with Crippen molar-refractivity contribution in [2.24, 2.45) is 0 Å². The Balaban J connectivity index is 1.21. The van der Waals surface area contributed by atoms with Crippen molar-refractivity contribution in [2.75, 3.05) is 18.8 Å². The summed E-state index contributed by atoms with van der Waals surface area (Å²) in [5.74, 6) is -1.12. The number of likely N-dealkylation sites (tertiary alicyclic amines) is 1. The maximum absolute atomic E-state index is 12.7. The molecule has 0 saturated carbocycles. The highest BCUT2D eigenvalue weighted by atomic mass is 32.2. The number of rotatable bonds is 8. The fourth-order valence-electron chi connectivity index (χ4n) is 4.33. The molecule has 0 atom stereocenters. The lowest BCUT2D eigenvalue weighted by atomic mass is 9.88. The number of piperidine rings is 1. The van der Waals surface area contributed by atoms with Gasteiger partial charge in [0.15, 0.2) is 0 Å². The number of amides is 1. The van der Waals surface area contributed by atoms with Crippen LogP contribution in [0.5, 0.6) is 0 Å². The van der Waals surface area contributed by atoms with Gasteiger partial charge in [-0.05, 0) is 52.8 Å². The van der Waals surface area contributed by atoms with Gasteiger partial charge in [0, 0.05) is 30.2 Å². The summed E-state index contributed by atoms with van der Waals surface area (Å²) in [4.78, 5) is 30.6. The normalized spacial score (nSPS) is 14.7. The Morgan fingerprint density at radius 2 is 1.72 bits per heavy atom. The molecule has 3 aromatic rings. The molecule has 5 nitrogen and oxygen atoms in total. The Morgan fingerprint density at radius 3 is 2.47 bits per heavy atom. The number of thioether (sulfide) groups is 1. The lowest BCUT2D eigenvalue weighted by molar-refractivity contribution is -0.207. The first kappa shape index (κ1) is 26.0. The van der Waals surface area contributed by atoms with Crippen LogP contribution in [-0.4, -0.2) is 41.8 Å². The van der Waals surface area contributed by atoms with Crippen molar-refractivity contribution in [3.05, 3.63) is 77.9 Å². The summed E-state index contributed by atoms with van der Waals surface area (Å²) in [6.45, 7) is 1.33. The number of benzene rings is 3. The van der Waals surface area contributed by atoms with E-state index in [-0.39, 0.29) is 18.4 Å². The smallest absolute Gasteiger partial charge is 0.363 e. The molecule has 36 heavy (non-hydrogen) atoms. The zero-order valence-corrected chi connectivity index (χ0v) is 20.4. The second kappa shape index (κ2) is 11.8. The van der Waals surface area contributed by atoms with Crippen LogP contribution >= 0.6 is 11.8 Å². The van der Waals surface area contributed by atoms with Crippen molar-refractivity contribution >= 4 is 34.4 Å². The quantitative estimate of drug-likeness (QED) is 0.301. The summed E-state index contributed by atoms with van der Waals surface area (Å²) in [6, 6.07) is 22.0. The average Bonchev–Trinajstić information content (AvgIpc) is 2.88. The highest BCUT2D eigenvalue weighted by Gasteiger charge is 2.41. The summed E-state index contributed by atoms with van der Waals surface area (Å²) >= 11 is 1.69. The molecule has 0 spiro atoms. The topological polar surface area (TPSA) is 58.6 Å². The van der Waals surface area contributed by atoms with E-state index in [1.54, 1.807) is 17.8 Å². The molecule has 0 unspecified atom stereocenters. The lowest BCUT2D eigenvalue weighted by Gasteiger charge is -2.32. The lowest BCUT2D eigenvalue weighted by Crippen LogP contribution is -2.38. The molecule has 1 N–H and O–H groups in total. The van der Waals surface area contributed by atoms with Crippen molar-refractivity contribution in [1.29, 1.82) is 0 Å². The third kappa shape index (κ3) is 7.01. The minimum atomic E-state index is -5.03. The number of nitrogens with zero attached hydrogens (tertiary/aromatic N) is 1. The predicted molar refractivity (Wildman–Crippen MR) is 133 cm³/mol. The van der Waals surface area contributed by atoms with Gasteiger partial charge in [0.25, 0.3) is 0 Å². The van der Waals surface area contributed by atoms with Crippen LogP contribution in [-0.2, 0) is 21.0 Å². The van der Waals surface area contributed by atoms with E-state index in [0.29, 0.717) is 25.1 Å². The number of alkyl halides is 3. The maximum atomic E-state index is 12.7. The zero-order chi connectivity index (χ0) is 25.5. The van der Waals surface area contributed by atoms with Gasteiger partial charge in [0.2, 0.25) is 5.91 Å². The Kier molecular flexibility index (Phi) is 8.53. The van der Waals surface area contributed by atoms with Crippen LogP contribution in [0.25, 0.3) is 10.8 Å². The van der Waals surface area contributed by atoms with Gasteiger partial charge in [0.05, 0.1) is 6.54 Å². The van der Waals surface area contributed by atoms with Crippen LogP contribution in [0, 0.1) is 0 Å². The van der Waals surface area contributed by atoms with Crippen LogP contribution in [0.4, 0.5) is 13.2 Å². The number of halogens is 3. The van der Waals surface area contributed by atoms with Gasteiger partial charge < -0.3 is 9.74 Å². The second-order valence-electron chi connectivity index (χ2n) is 8.72. The molecule has 1 amide bonds. The molecule has 9 heteroatoms. The molecule has 190 valence electrons. The molecule has 3 aromatic carbocycles. The number of nitrogens with one attached hydrogen (secondary N) is 1. The minimum Gasteiger partial charge on any atom is -0.363 e. The first-order chi connectivity index (χ1) is 17.3. The van der Waals surface area contributed by atoms with Gasteiger partial charge in [-0.2, -0.15) is 13.2 Å². The van der Waals surface area contributed by atoms with Gasteiger partial charge in [-0.15, -0.1) is 17.2 Å². The maximum Gasteiger partial charge on any atom is 0.492 e. The molecule has 0 bridgehead atoms. The number of carbonyl (C=O) groups is 2. The molecule has 1 saturated heterocycles. The fourth-order valence-corrected chi connectivity index (χ4v) is 5.22. The highest BCUT2D eigenvalue weighted by molar-refractivity contribution is 7.99. The van der Waals surface area contributed by atoms with Crippen LogP contribution in [0.1, 0.15) is 36.3 Å². The van der Waals surface area contributed by atoms with Crippen LogP contribution in [0.15, 0.2) is 71.6 Å². The summed E-state index contributed by atoms with van der Waals surface area (Å²) in [6.07, 6.45) is -2.90. The Bertz CT molecular complexity index is 1210. The van der Waals surface area contributed by atoms with Gasteiger partial charge in [-0.25, -0.2) is 4.79 Å². The number of hydrogen-bond acceptors (Lipinski definition) is 5. The van der Waals surface area contributed by atoms with E-state index < -0.39 is 12.1 Å². The standard InChI is InChI=1S/C27H27F3N2O3S/c28-27(29,30)26(34)35-31-18-19-4-3-7-22(16-19)21-10-13-32(14-11-21)25(33)12-15-36-24-9-8-20-5-1-2-6-23(20)17-24/h1-9,16-17,21,31H,10-15,18H2. The highest BCUT2D eigenvalue weighted by Crippen LogP contribution is 2.30. The third-order valence-corrected chi connectivity index (χ3v) is 7.24. The van der Waals surface area contributed by atoms with Gasteiger partial charge in [-0.1, -0.05) is 54.6 Å². The van der Waals surface area contributed by atoms with Crippen molar-refractivity contribution < 1.29 is 27.6 Å². The number of hydrogen-bond donors (Lipinski definition) is 1. The monoisotopic (exact) mass is 516 g/mol. The van der Waals surface area contributed by atoms with Crippen molar-refractivity contribution in [2.45, 2.75) is 42.8 Å². The molecule has 1 aliphatic heterocycles. The van der Waals surface area contributed by atoms with Crippen molar-refractivity contribution in [3.63, 3.8) is 0 Å². The average molecular weight is 517 g/mol. The molecule has 0 aliphatic carbocycles. The zero-order valence-electron chi connectivity index (χ0n) is 19.6. The van der Waals surface area contributed by atoms with E-state index in [2.05, 4.69) is 40.6 Å².